The zero-order valence-corrected chi connectivity index (χ0v) is 32.0. The van der Waals surface area contributed by atoms with Gasteiger partial charge in [-0.25, -0.2) is 14.2 Å². The second kappa shape index (κ2) is 14.5. The fraction of sp³-hybridized carbons (Fsp3) is 0.562. The predicted molar refractivity (Wildman–Crippen MR) is 191 cm³/mol. The molecule has 2 saturated heterocycles. The highest BCUT2D eigenvalue weighted by atomic mass is 28.5. The number of fused-ring (bicyclic) bond motifs is 2. The second-order valence-electron chi connectivity index (χ2n) is 14.0. The molecule has 51 heavy (non-hydrogen) atoms. The Kier molecular flexibility index (Phi) is 10.8. The van der Waals surface area contributed by atoms with Gasteiger partial charge in [0.15, 0.2) is 23.5 Å². The normalized spacial score (nSPS) is 23.0. The van der Waals surface area contributed by atoms with Crippen molar-refractivity contribution in [3.63, 3.8) is 0 Å². The van der Waals surface area contributed by atoms with E-state index in [0.717, 1.165) is 4.57 Å². The quantitative estimate of drug-likeness (QED) is 0.0699. The van der Waals surface area contributed by atoms with Gasteiger partial charge in [-0.05, 0) is 34.3 Å². The lowest BCUT2D eigenvalue weighted by atomic mass is 10.1. The van der Waals surface area contributed by atoms with Gasteiger partial charge < -0.3 is 32.9 Å². The van der Waals surface area contributed by atoms with Gasteiger partial charge in [0.2, 0.25) is 5.95 Å². The molecule has 2 aromatic heterocycles. The zero-order valence-electron chi connectivity index (χ0n) is 30.0. The highest BCUT2D eigenvalue weighted by Crippen LogP contribution is 2.49. The molecule has 17 nitrogen and oxygen atoms in total. The van der Waals surface area contributed by atoms with Crippen molar-refractivity contribution in [2.45, 2.75) is 109 Å². The first-order chi connectivity index (χ1) is 24.0. The molecule has 0 bridgehead atoms. The van der Waals surface area contributed by atoms with Crippen LogP contribution in [0.1, 0.15) is 61.6 Å². The highest BCUT2D eigenvalue weighted by molar-refractivity contribution is 6.84. The molecule has 4 atom stereocenters. The van der Waals surface area contributed by atoms with Crippen LogP contribution in [0.2, 0.25) is 22.2 Å². The van der Waals surface area contributed by atoms with E-state index in [-0.39, 0.29) is 63.9 Å². The predicted octanol–water partition coefficient (Wildman–Crippen LogP) is 5.00. The van der Waals surface area contributed by atoms with Crippen LogP contribution in [0.5, 0.6) is 5.75 Å². The summed E-state index contributed by atoms with van der Waals surface area (Å²) in [7, 11) is -6.33. The van der Waals surface area contributed by atoms with Crippen LogP contribution >= 0.6 is 0 Å². The molecular formula is C32H46N6O11Si2. The van der Waals surface area contributed by atoms with E-state index in [1.165, 1.54) is 34.9 Å². The first kappa shape index (κ1) is 38.1. The summed E-state index contributed by atoms with van der Waals surface area (Å²) in [6.07, 6.45) is -4.44. The standard InChI is InChI=1S/C32H46N6O11Si2/c1-10-15-36-24-27(34-30(33)35-28(24)39)37(31(36)40)29-26(47-32(41)45-22-13-11-21(12-14-22)38(42)43)25-23(46-29)16-44-50(17(2)3,18(4)5)49-51(48-25,19(6)7)20(8)9/h10-14,17-20,23,25-26,29H,1,15-16H2,2-9H3,(H3,33,34,35,39)/t23-,25-,26-,29?/m1/s1. The van der Waals surface area contributed by atoms with Crippen molar-refractivity contribution < 1.29 is 36.9 Å². The zero-order chi connectivity index (χ0) is 37.6. The number of non-ortho nitro benzene ring substituents is 1. The van der Waals surface area contributed by atoms with Crippen LogP contribution in [-0.2, 0) is 29.0 Å². The summed E-state index contributed by atoms with van der Waals surface area (Å²) < 4.78 is 41.7. The highest BCUT2D eigenvalue weighted by Gasteiger charge is 2.63. The molecule has 1 aromatic carbocycles. The molecule has 1 unspecified atom stereocenters. The van der Waals surface area contributed by atoms with Gasteiger partial charge in [0.1, 0.15) is 18.0 Å². The van der Waals surface area contributed by atoms with Gasteiger partial charge in [0.25, 0.3) is 11.2 Å². The lowest BCUT2D eigenvalue weighted by Crippen LogP contribution is -2.66. The first-order valence-corrected chi connectivity index (χ1v) is 20.8. The fourth-order valence-electron chi connectivity index (χ4n) is 7.05. The average Bonchev–Trinajstić information content (AvgIpc) is 3.49. The smallest absolute Gasteiger partial charge is 0.423 e. The molecule has 0 aliphatic carbocycles. The van der Waals surface area contributed by atoms with Crippen molar-refractivity contribution in [3.8, 4) is 5.75 Å². The third kappa shape index (κ3) is 6.80. The Balaban J connectivity index is 1.68. The molecule has 3 aromatic rings. The minimum absolute atomic E-state index is 0.0160. The van der Waals surface area contributed by atoms with Crippen LogP contribution in [0.15, 0.2) is 46.5 Å². The third-order valence-corrected chi connectivity index (χ3v) is 19.7. The number of nitrogen functional groups attached to an aromatic ring is 1. The van der Waals surface area contributed by atoms with Gasteiger partial charge in [-0.15, -0.1) is 6.58 Å². The molecule has 0 amide bonds. The summed E-state index contributed by atoms with van der Waals surface area (Å²) >= 11 is 0. The molecule has 19 heteroatoms. The monoisotopic (exact) mass is 746 g/mol. The Morgan fingerprint density at radius 2 is 1.71 bits per heavy atom. The molecule has 0 spiro atoms. The molecule has 3 N–H and O–H groups in total. The van der Waals surface area contributed by atoms with Gasteiger partial charge in [-0.3, -0.25) is 24.5 Å². The number of aromatic amines is 1. The molecule has 4 heterocycles. The number of allylic oxidation sites excluding steroid dienone is 1. The number of rotatable bonds is 10. The number of aromatic nitrogens is 4. The number of imidazole rings is 1. The van der Waals surface area contributed by atoms with Crippen molar-refractivity contribution in [1.82, 2.24) is 19.1 Å². The van der Waals surface area contributed by atoms with Crippen molar-refractivity contribution in [1.29, 1.82) is 0 Å². The summed E-state index contributed by atoms with van der Waals surface area (Å²) in [4.78, 5) is 58.1. The first-order valence-electron chi connectivity index (χ1n) is 16.9. The molecule has 2 fully saturated rings. The number of H-pyrrole nitrogens is 1. The van der Waals surface area contributed by atoms with E-state index < -0.39 is 64.0 Å². The number of nitro benzene ring substituents is 1. The van der Waals surface area contributed by atoms with E-state index >= 15 is 0 Å². The second-order valence-corrected chi connectivity index (χ2v) is 22.8. The molecule has 2 aliphatic heterocycles. The van der Waals surface area contributed by atoms with E-state index in [1.54, 1.807) is 0 Å². The number of hydrogen-bond donors (Lipinski definition) is 2. The van der Waals surface area contributed by atoms with Crippen LogP contribution in [0.3, 0.4) is 0 Å². The largest absolute Gasteiger partial charge is 0.514 e. The number of carbonyl (C=O) groups is 1. The number of nitrogens with one attached hydrogen (secondary N) is 1. The molecule has 278 valence electrons. The summed E-state index contributed by atoms with van der Waals surface area (Å²) in [5.41, 5.74) is 4.03. The molecule has 5 rings (SSSR count). The van der Waals surface area contributed by atoms with Gasteiger partial charge in [0, 0.05) is 18.7 Å². The maximum Gasteiger partial charge on any atom is 0.514 e. The number of benzene rings is 1. The van der Waals surface area contributed by atoms with E-state index in [9.17, 15) is 24.5 Å². The van der Waals surface area contributed by atoms with Crippen LogP contribution in [0.25, 0.3) is 11.2 Å². The maximum absolute atomic E-state index is 14.2. The topological polar surface area (TPSA) is 214 Å². The van der Waals surface area contributed by atoms with Gasteiger partial charge >= 0.3 is 29.0 Å². The van der Waals surface area contributed by atoms with Gasteiger partial charge in [-0.2, -0.15) is 4.98 Å². The number of ether oxygens (including phenoxy) is 3. The van der Waals surface area contributed by atoms with Crippen molar-refractivity contribution >= 4 is 46.1 Å². The maximum atomic E-state index is 14.2. The Hall–Kier alpha value is -4.15. The number of nitro groups is 1. The Labute approximate surface area is 296 Å². The molecule has 2 aliphatic rings. The van der Waals surface area contributed by atoms with Crippen molar-refractivity contribution in [2.24, 2.45) is 0 Å². The lowest BCUT2D eigenvalue weighted by molar-refractivity contribution is -0.384. The van der Waals surface area contributed by atoms with Crippen LogP contribution < -0.4 is 21.7 Å². The minimum Gasteiger partial charge on any atom is -0.423 e. The molecular weight excluding hydrogens is 701 g/mol. The minimum atomic E-state index is -3.31. The Morgan fingerprint density at radius 3 is 2.25 bits per heavy atom. The number of carbonyl (C=O) groups excluding carboxylic acids is 1. The number of nitrogens with two attached hydrogens (primary N) is 1. The van der Waals surface area contributed by atoms with E-state index in [1.807, 2.05) is 27.7 Å². The summed E-state index contributed by atoms with van der Waals surface area (Å²) in [6, 6.07) is 4.86. The van der Waals surface area contributed by atoms with E-state index in [0.29, 0.717) is 0 Å². The SMILES string of the molecule is C=CCn1c(=O)n(C2O[C@@H]3CO[Si](C(C)C)(C(C)C)O[Si](C(C)C)(C(C)C)O[C@H]3[C@H]2OC(=O)Oc2ccc([N+](=O)[O-])cc2)c2nc(N)[nH]c(=O)c21. The third-order valence-electron chi connectivity index (χ3n) is 9.49. The number of anilines is 1. The summed E-state index contributed by atoms with van der Waals surface area (Å²) in [5.74, 6) is -0.277. The van der Waals surface area contributed by atoms with Crippen molar-refractivity contribution in [2.75, 3.05) is 12.3 Å². The summed E-state index contributed by atoms with van der Waals surface area (Å²) in [6.45, 7) is 20.1. The molecule has 0 radical (unpaired) electrons. The number of hydrogen-bond acceptors (Lipinski definition) is 13. The van der Waals surface area contributed by atoms with Gasteiger partial charge in [-0.1, -0.05) is 61.5 Å². The molecule has 0 saturated carbocycles. The van der Waals surface area contributed by atoms with E-state index in [2.05, 4.69) is 44.2 Å². The van der Waals surface area contributed by atoms with Crippen LogP contribution in [0.4, 0.5) is 16.4 Å². The van der Waals surface area contributed by atoms with E-state index in [4.69, 9.17) is 32.9 Å². The van der Waals surface area contributed by atoms with Crippen LogP contribution in [0, 0.1) is 10.1 Å². The Bertz CT molecular complexity index is 1890. The summed E-state index contributed by atoms with van der Waals surface area (Å²) in [5, 5.41) is 11.2. The van der Waals surface area contributed by atoms with Crippen molar-refractivity contribution in [3.05, 3.63) is 67.9 Å². The Morgan fingerprint density at radius 1 is 1.10 bits per heavy atom. The number of nitrogens with zero attached hydrogens (tertiary/aromatic N) is 4. The fourth-order valence-corrected chi connectivity index (χ4v) is 18.3. The van der Waals surface area contributed by atoms with Crippen LogP contribution in [-0.4, -0.2) is 72.2 Å². The average molecular weight is 747 g/mol. The lowest BCUT2D eigenvalue weighted by Gasteiger charge is -2.51. The van der Waals surface area contributed by atoms with Gasteiger partial charge in [0.05, 0.1) is 11.5 Å².